The average molecular weight is 369 g/mol. The molecule has 0 aromatic rings. The number of ether oxygens (including phenoxy) is 2. The quantitative estimate of drug-likeness (QED) is 0.674. The van der Waals surface area contributed by atoms with Crippen LogP contribution in [0.15, 0.2) is 0 Å². The van der Waals surface area contributed by atoms with Crippen LogP contribution in [0.2, 0.25) is 0 Å². The highest BCUT2D eigenvalue weighted by molar-refractivity contribution is 5.60. The van der Waals surface area contributed by atoms with Crippen molar-refractivity contribution >= 4 is 6.16 Å². The lowest BCUT2D eigenvalue weighted by Crippen LogP contribution is -2.61. The molecular weight excluding hydrogens is 328 g/mol. The maximum absolute atomic E-state index is 12.5. The summed E-state index contributed by atoms with van der Waals surface area (Å²) in [5, 5.41) is 0. The van der Waals surface area contributed by atoms with Crippen LogP contribution < -0.4 is 0 Å². The Bertz CT molecular complexity index is 457. The van der Waals surface area contributed by atoms with Crippen molar-refractivity contribution in [3.8, 4) is 0 Å². The first-order chi connectivity index (χ1) is 11.6. The third-order valence-electron chi connectivity index (χ3n) is 7.07. The van der Waals surface area contributed by atoms with E-state index in [1.54, 1.807) is 0 Å². The van der Waals surface area contributed by atoms with Crippen molar-refractivity contribution in [2.45, 2.75) is 115 Å². The summed E-state index contributed by atoms with van der Waals surface area (Å²) >= 11 is 0. The molecule has 26 heavy (non-hydrogen) atoms. The number of hydrogen-bond acceptors (Lipinski definition) is 5. The maximum Gasteiger partial charge on any atom is 0.508 e. The molecule has 0 bridgehead atoms. The number of nitrogens with zero attached hydrogens (tertiary/aromatic N) is 2. The number of carbonyl (C=O) groups is 1. The van der Waals surface area contributed by atoms with E-state index in [-0.39, 0.29) is 34.4 Å². The van der Waals surface area contributed by atoms with Crippen molar-refractivity contribution in [3.63, 3.8) is 0 Å². The molecule has 2 fully saturated rings. The zero-order chi connectivity index (χ0) is 20.1. The summed E-state index contributed by atoms with van der Waals surface area (Å²) in [7, 11) is 4.30. The van der Waals surface area contributed by atoms with E-state index < -0.39 is 6.16 Å². The highest BCUT2D eigenvalue weighted by atomic mass is 16.7. The molecule has 0 atom stereocenters. The minimum absolute atomic E-state index is 0.00969. The monoisotopic (exact) mass is 368 g/mol. The molecule has 0 aromatic heterocycles. The largest absolute Gasteiger partial charge is 0.508 e. The first-order valence-electron chi connectivity index (χ1n) is 9.92. The molecule has 0 saturated carbocycles. The van der Waals surface area contributed by atoms with E-state index >= 15 is 0 Å². The summed E-state index contributed by atoms with van der Waals surface area (Å²) in [4.78, 5) is 17.3. The predicted molar refractivity (Wildman–Crippen MR) is 105 cm³/mol. The standard InChI is InChI=1S/C21H40N2O3/c1-18(2)11-15(12-19(3,4)22(18)9)25-17(24)26-16-13-20(5,6)23(10)21(7,8)14-16/h15-16H,11-14H2,1-10H3. The summed E-state index contributed by atoms with van der Waals surface area (Å²) in [5.41, 5.74) is -0.0388. The van der Waals surface area contributed by atoms with Crippen LogP contribution in [0.25, 0.3) is 0 Å². The third-order valence-corrected chi connectivity index (χ3v) is 7.07. The summed E-state index contributed by atoms with van der Waals surface area (Å²) in [6, 6.07) is 0. The molecule has 2 saturated heterocycles. The van der Waals surface area contributed by atoms with Crippen LogP contribution in [0, 0.1) is 0 Å². The lowest BCUT2D eigenvalue weighted by molar-refractivity contribution is -0.107. The molecule has 5 nitrogen and oxygen atoms in total. The topological polar surface area (TPSA) is 42.0 Å². The van der Waals surface area contributed by atoms with E-state index in [4.69, 9.17) is 9.47 Å². The molecule has 0 radical (unpaired) electrons. The minimum Gasteiger partial charge on any atom is -0.431 e. The lowest BCUT2D eigenvalue weighted by Gasteiger charge is -2.53. The van der Waals surface area contributed by atoms with Gasteiger partial charge in [0.25, 0.3) is 0 Å². The van der Waals surface area contributed by atoms with Gasteiger partial charge in [-0.05, 0) is 69.5 Å². The third kappa shape index (κ3) is 4.36. The van der Waals surface area contributed by atoms with Gasteiger partial charge in [-0.1, -0.05) is 0 Å². The van der Waals surface area contributed by atoms with Crippen molar-refractivity contribution in [2.75, 3.05) is 14.1 Å². The summed E-state index contributed by atoms with van der Waals surface area (Å²) < 4.78 is 11.6. The molecule has 0 unspecified atom stereocenters. The Kier molecular flexibility index (Phi) is 5.51. The van der Waals surface area contributed by atoms with Gasteiger partial charge in [0.05, 0.1) is 0 Å². The molecule has 0 N–H and O–H groups in total. The van der Waals surface area contributed by atoms with Crippen molar-refractivity contribution in [2.24, 2.45) is 0 Å². The van der Waals surface area contributed by atoms with E-state index in [1.807, 2.05) is 0 Å². The van der Waals surface area contributed by atoms with Crippen LogP contribution in [-0.4, -0.2) is 64.4 Å². The highest BCUT2D eigenvalue weighted by Gasteiger charge is 2.46. The highest BCUT2D eigenvalue weighted by Crippen LogP contribution is 2.40. The Morgan fingerprint density at radius 3 is 1.12 bits per heavy atom. The molecule has 2 rings (SSSR count). The molecule has 0 spiro atoms. The number of piperidine rings is 2. The molecule has 0 aliphatic carbocycles. The van der Waals surface area contributed by atoms with E-state index in [0.717, 1.165) is 25.7 Å². The number of hydrogen-bond donors (Lipinski definition) is 0. The van der Waals surface area contributed by atoms with Crippen molar-refractivity contribution in [3.05, 3.63) is 0 Å². The van der Waals surface area contributed by atoms with Crippen molar-refractivity contribution in [1.82, 2.24) is 9.80 Å². The number of rotatable bonds is 2. The van der Waals surface area contributed by atoms with Gasteiger partial charge in [-0.25, -0.2) is 4.79 Å². The number of likely N-dealkylation sites (tertiary alicyclic amines) is 2. The Hall–Kier alpha value is -0.810. The van der Waals surface area contributed by atoms with Crippen LogP contribution in [0.1, 0.15) is 81.1 Å². The molecule has 0 aromatic carbocycles. The van der Waals surface area contributed by atoms with Gasteiger partial charge in [0.15, 0.2) is 0 Å². The second kappa shape index (κ2) is 6.66. The fraction of sp³-hybridized carbons (Fsp3) is 0.952. The van der Waals surface area contributed by atoms with Crippen LogP contribution in [0.4, 0.5) is 4.79 Å². The zero-order valence-corrected chi connectivity index (χ0v) is 18.6. The van der Waals surface area contributed by atoms with Gasteiger partial charge in [0, 0.05) is 47.8 Å². The van der Waals surface area contributed by atoms with Gasteiger partial charge in [-0.15, -0.1) is 0 Å². The molecule has 2 aliphatic rings. The normalized spacial score (nSPS) is 29.3. The fourth-order valence-corrected chi connectivity index (χ4v) is 5.03. The Labute approximate surface area is 160 Å². The van der Waals surface area contributed by atoms with Gasteiger partial charge < -0.3 is 9.47 Å². The smallest absolute Gasteiger partial charge is 0.431 e. The van der Waals surface area contributed by atoms with E-state index in [0.29, 0.717) is 0 Å². The minimum atomic E-state index is -0.507. The van der Waals surface area contributed by atoms with Crippen LogP contribution >= 0.6 is 0 Å². The molecule has 2 aliphatic heterocycles. The van der Waals surface area contributed by atoms with Gasteiger partial charge in [-0.2, -0.15) is 0 Å². The Balaban J connectivity index is 1.99. The van der Waals surface area contributed by atoms with Crippen molar-refractivity contribution in [1.29, 1.82) is 0 Å². The van der Waals surface area contributed by atoms with E-state index in [2.05, 4.69) is 79.3 Å². The van der Waals surface area contributed by atoms with Crippen LogP contribution in [0.3, 0.4) is 0 Å². The van der Waals surface area contributed by atoms with E-state index in [9.17, 15) is 4.79 Å². The van der Waals surface area contributed by atoms with Crippen molar-refractivity contribution < 1.29 is 14.3 Å². The zero-order valence-electron chi connectivity index (χ0n) is 18.6. The maximum atomic E-state index is 12.5. The average Bonchev–Trinajstić information content (AvgIpc) is 2.40. The summed E-state index contributed by atoms with van der Waals surface area (Å²) in [5.74, 6) is 0. The molecule has 2 heterocycles. The Morgan fingerprint density at radius 2 is 0.885 bits per heavy atom. The molecule has 5 heteroatoms. The first-order valence-corrected chi connectivity index (χ1v) is 9.92. The summed E-state index contributed by atoms with van der Waals surface area (Å²) in [6.07, 6.45) is 2.59. The molecular formula is C21H40N2O3. The van der Waals surface area contributed by atoms with Gasteiger partial charge >= 0.3 is 6.16 Å². The van der Waals surface area contributed by atoms with Gasteiger partial charge in [0.1, 0.15) is 12.2 Å². The summed E-state index contributed by atoms with van der Waals surface area (Å²) in [6.45, 7) is 17.6. The van der Waals surface area contributed by atoms with Gasteiger partial charge in [-0.3, -0.25) is 9.80 Å². The Morgan fingerprint density at radius 1 is 0.654 bits per heavy atom. The van der Waals surface area contributed by atoms with Crippen LogP contribution in [-0.2, 0) is 9.47 Å². The van der Waals surface area contributed by atoms with Crippen LogP contribution in [0.5, 0.6) is 0 Å². The predicted octanol–water partition coefficient (Wildman–Crippen LogP) is 4.44. The molecule has 0 amide bonds. The second-order valence-electron chi connectivity index (χ2n) is 10.9. The second-order valence-corrected chi connectivity index (χ2v) is 10.9. The lowest BCUT2D eigenvalue weighted by atomic mass is 9.78. The van der Waals surface area contributed by atoms with Gasteiger partial charge in [0.2, 0.25) is 0 Å². The van der Waals surface area contributed by atoms with E-state index in [1.165, 1.54) is 0 Å². The SMILES string of the molecule is CN1C(C)(C)CC(OC(=O)OC2CC(C)(C)N(C)C(C)(C)C2)CC1(C)C. The first kappa shape index (κ1) is 21.5. The fourth-order valence-electron chi connectivity index (χ4n) is 5.03. The molecule has 152 valence electrons. The number of carbonyl (C=O) groups excluding carboxylic acids is 1.